The fourth-order valence-corrected chi connectivity index (χ4v) is 5.43. The second kappa shape index (κ2) is 11.8. The summed E-state index contributed by atoms with van der Waals surface area (Å²) in [7, 11) is 0. The predicted molar refractivity (Wildman–Crippen MR) is 138 cm³/mol. The average molecular weight is 499 g/mol. The second-order valence-corrected chi connectivity index (χ2v) is 9.61. The molecule has 1 aliphatic heterocycles. The molecule has 8 heteroatoms. The average Bonchev–Trinajstić information content (AvgIpc) is 3.42. The van der Waals surface area contributed by atoms with Crippen molar-refractivity contribution in [2.24, 2.45) is 5.92 Å². The van der Waals surface area contributed by atoms with E-state index in [4.69, 9.17) is 0 Å². The van der Waals surface area contributed by atoms with Crippen molar-refractivity contribution in [2.45, 2.75) is 45.6 Å². The minimum atomic E-state index is -0.691. The van der Waals surface area contributed by atoms with E-state index >= 15 is 8.78 Å². The summed E-state index contributed by atoms with van der Waals surface area (Å²) in [6, 6.07) is 11.6. The molecule has 6 nitrogen and oxygen atoms in total. The van der Waals surface area contributed by atoms with Gasteiger partial charge in [-0.1, -0.05) is 43.2 Å². The zero-order chi connectivity index (χ0) is 25.7. The third kappa shape index (κ3) is 5.69. The van der Waals surface area contributed by atoms with Crippen molar-refractivity contribution >= 4 is 23.2 Å². The number of piperazine rings is 1. The first kappa shape index (κ1) is 26.1. The van der Waals surface area contributed by atoms with Crippen LogP contribution in [0.1, 0.15) is 51.1 Å². The molecule has 2 aromatic rings. The number of rotatable bonds is 8. The Kier molecular flexibility index (Phi) is 8.56. The summed E-state index contributed by atoms with van der Waals surface area (Å²) in [6.45, 7) is 6.93. The molecular weight excluding hydrogens is 462 g/mol. The molecule has 194 valence electrons. The molecule has 1 heterocycles. The van der Waals surface area contributed by atoms with Crippen LogP contribution >= 0.6 is 0 Å². The van der Waals surface area contributed by atoms with Crippen LogP contribution in [0.4, 0.5) is 20.2 Å². The predicted octanol–water partition coefficient (Wildman–Crippen LogP) is 4.83. The highest BCUT2D eigenvalue weighted by molar-refractivity contribution is 5.93. The summed E-state index contributed by atoms with van der Waals surface area (Å²) in [5.74, 6) is -1.59. The summed E-state index contributed by atoms with van der Waals surface area (Å²) < 4.78 is 30.1. The van der Waals surface area contributed by atoms with Gasteiger partial charge in [-0.15, -0.1) is 0 Å². The van der Waals surface area contributed by atoms with Gasteiger partial charge in [-0.05, 0) is 44.4 Å². The van der Waals surface area contributed by atoms with Crippen LogP contribution in [0.15, 0.2) is 42.5 Å². The Morgan fingerprint density at radius 3 is 2.11 bits per heavy atom. The van der Waals surface area contributed by atoms with E-state index in [9.17, 15) is 9.59 Å². The Hall–Kier alpha value is -3.00. The smallest absolute Gasteiger partial charge is 0.244 e. The quantitative estimate of drug-likeness (QED) is 0.567. The van der Waals surface area contributed by atoms with Crippen molar-refractivity contribution in [2.75, 3.05) is 49.5 Å². The molecule has 0 bridgehead atoms. The van der Waals surface area contributed by atoms with E-state index in [-0.39, 0.29) is 29.1 Å². The van der Waals surface area contributed by atoms with Crippen LogP contribution in [0.5, 0.6) is 0 Å². The second-order valence-electron chi connectivity index (χ2n) is 9.61. The molecule has 2 aliphatic rings. The van der Waals surface area contributed by atoms with Gasteiger partial charge in [0.2, 0.25) is 11.8 Å². The zero-order valence-electron chi connectivity index (χ0n) is 21.2. The van der Waals surface area contributed by atoms with E-state index < -0.39 is 17.7 Å². The van der Waals surface area contributed by atoms with Gasteiger partial charge in [0.15, 0.2) is 11.6 Å². The maximum Gasteiger partial charge on any atom is 0.244 e. The Morgan fingerprint density at radius 1 is 0.972 bits per heavy atom. The number of carbonyl (C=O) groups is 2. The van der Waals surface area contributed by atoms with Crippen molar-refractivity contribution in [3.63, 3.8) is 0 Å². The van der Waals surface area contributed by atoms with Crippen LogP contribution in [-0.2, 0) is 9.59 Å². The number of likely N-dealkylation sites (N-methyl/N-ethyl adjacent to an activating group) is 1. The Morgan fingerprint density at radius 2 is 1.56 bits per heavy atom. The van der Waals surface area contributed by atoms with Gasteiger partial charge in [-0.25, -0.2) is 8.78 Å². The molecule has 0 radical (unpaired) electrons. The summed E-state index contributed by atoms with van der Waals surface area (Å²) in [5.41, 5.74) is 0.987. The highest BCUT2D eigenvalue weighted by Crippen LogP contribution is 2.32. The van der Waals surface area contributed by atoms with Crippen LogP contribution < -0.4 is 10.2 Å². The SMILES string of the molecule is CCN(CC)C(=O)C(c1ccccc1)N1CCN(c2c(F)cc(NC(=O)C3CCCC3)cc2F)CC1. The first-order valence-corrected chi connectivity index (χ1v) is 13.1. The lowest BCUT2D eigenvalue weighted by Crippen LogP contribution is -2.52. The van der Waals surface area contributed by atoms with Gasteiger partial charge < -0.3 is 15.1 Å². The lowest BCUT2D eigenvalue weighted by molar-refractivity contribution is -0.137. The van der Waals surface area contributed by atoms with Crippen molar-refractivity contribution < 1.29 is 18.4 Å². The van der Waals surface area contributed by atoms with E-state index in [1.165, 1.54) is 12.1 Å². The molecule has 1 atom stereocenters. The van der Waals surface area contributed by atoms with Crippen LogP contribution in [-0.4, -0.2) is 60.9 Å². The highest BCUT2D eigenvalue weighted by atomic mass is 19.1. The van der Waals surface area contributed by atoms with E-state index in [2.05, 4.69) is 10.2 Å². The molecule has 1 saturated carbocycles. The van der Waals surface area contributed by atoms with Gasteiger partial charge >= 0.3 is 0 Å². The largest absolute Gasteiger partial charge is 0.364 e. The Labute approximate surface area is 212 Å². The number of anilines is 2. The number of nitrogens with one attached hydrogen (secondary N) is 1. The van der Waals surface area contributed by atoms with Crippen molar-refractivity contribution in [1.29, 1.82) is 0 Å². The maximum atomic E-state index is 15.1. The van der Waals surface area contributed by atoms with Gasteiger partial charge in [-0.3, -0.25) is 14.5 Å². The minimum absolute atomic E-state index is 0.0411. The van der Waals surface area contributed by atoms with Crippen molar-refractivity contribution in [3.8, 4) is 0 Å². The standard InChI is InChI=1S/C28H36F2N4O2/c1-3-32(4-2)28(36)25(20-10-6-5-7-11-20)33-14-16-34(17-15-33)26-23(29)18-22(19-24(26)30)31-27(35)21-12-8-9-13-21/h5-7,10-11,18-19,21,25H,3-4,8-9,12-17H2,1-2H3,(H,31,35). The number of carbonyl (C=O) groups excluding carboxylic acids is 2. The Bertz CT molecular complexity index is 1020. The monoisotopic (exact) mass is 498 g/mol. The number of hydrogen-bond acceptors (Lipinski definition) is 4. The Balaban J connectivity index is 1.47. The normalized spacial score (nSPS) is 17.7. The van der Waals surface area contributed by atoms with E-state index in [1.54, 1.807) is 4.90 Å². The van der Waals surface area contributed by atoms with Crippen LogP contribution in [0, 0.1) is 17.6 Å². The third-order valence-electron chi connectivity index (χ3n) is 7.43. The molecule has 2 fully saturated rings. The number of halogens is 2. The summed E-state index contributed by atoms with van der Waals surface area (Å²) in [4.78, 5) is 31.4. The highest BCUT2D eigenvalue weighted by Gasteiger charge is 2.34. The molecule has 2 aromatic carbocycles. The maximum absolute atomic E-state index is 15.1. The van der Waals surface area contributed by atoms with Gasteiger partial charge in [-0.2, -0.15) is 0 Å². The third-order valence-corrected chi connectivity index (χ3v) is 7.43. The minimum Gasteiger partial charge on any atom is -0.364 e. The first-order valence-electron chi connectivity index (χ1n) is 13.1. The summed E-state index contributed by atoms with van der Waals surface area (Å²) >= 11 is 0. The van der Waals surface area contributed by atoms with Crippen molar-refractivity contribution in [1.82, 2.24) is 9.80 Å². The molecule has 1 aliphatic carbocycles. The molecule has 1 unspecified atom stereocenters. The van der Waals surface area contributed by atoms with Gasteiger partial charge in [0.25, 0.3) is 0 Å². The van der Waals surface area contributed by atoms with Gasteiger partial charge in [0, 0.05) is 50.9 Å². The number of benzene rings is 2. The molecule has 4 rings (SSSR count). The van der Waals surface area contributed by atoms with E-state index in [0.717, 1.165) is 31.2 Å². The molecule has 2 amide bonds. The summed E-state index contributed by atoms with van der Waals surface area (Å²) in [5, 5.41) is 2.68. The number of nitrogens with zero attached hydrogens (tertiary/aromatic N) is 3. The van der Waals surface area contributed by atoms with Crippen molar-refractivity contribution in [3.05, 3.63) is 59.7 Å². The fourth-order valence-electron chi connectivity index (χ4n) is 5.43. The topological polar surface area (TPSA) is 55.9 Å². The number of amides is 2. The summed E-state index contributed by atoms with van der Waals surface area (Å²) in [6.07, 6.45) is 3.66. The molecule has 0 spiro atoms. The lowest BCUT2D eigenvalue weighted by Gasteiger charge is -2.41. The number of hydrogen-bond donors (Lipinski definition) is 1. The first-order chi connectivity index (χ1) is 17.4. The van der Waals surface area contributed by atoms with Gasteiger partial charge in [0.1, 0.15) is 11.7 Å². The zero-order valence-corrected chi connectivity index (χ0v) is 21.2. The molecule has 1 saturated heterocycles. The lowest BCUT2D eigenvalue weighted by atomic mass is 10.0. The van der Waals surface area contributed by atoms with Crippen LogP contribution in [0.25, 0.3) is 0 Å². The molecular formula is C28H36F2N4O2. The van der Waals surface area contributed by atoms with Crippen LogP contribution in [0.2, 0.25) is 0 Å². The molecule has 0 aromatic heterocycles. The fraction of sp³-hybridized carbons (Fsp3) is 0.500. The van der Waals surface area contributed by atoms with E-state index in [0.29, 0.717) is 39.3 Å². The van der Waals surface area contributed by atoms with Gasteiger partial charge in [0.05, 0.1) is 0 Å². The van der Waals surface area contributed by atoms with Crippen LogP contribution in [0.3, 0.4) is 0 Å². The van der Waals surface area contributed by atoms with E-state index in [1.807, 2.05) is 49.1 Å². The molecule has 36 heavy (non-hydrogen) atoms. The molecule has 1 N–H and O–H groups in total.